The minimum atomic E-state index is -0.712. The predicted molar refractivity (Wildman–Crippen MR) is 124 cm³/mol. The zero-order valence-electron chi connectivity index (χ0n) is 18.0. The maximum atomic E-state index is 12.9. The number of methoxy groups -OCH3 is 1. The highest BCUT2D eigenvalue weighted by atomic mass is 16.6. The first kappa shape index (κ1) is 23.1. The van der Waals surface area contributed by atoms with Crippen molar-refractivity contribution in [1.82, 2.24) is 0 Å². The van der Waals surface area contributed by atoms with Crippen LogP contribution in [0.5, 0.6) is 11.5 Å². The Hall–Kier alpha value is -4.60. The third-order valence-electron chi connectivity index (χ3n) is 4.43. The van der Waals surface area contributed by atoms with Gasteiger partial charge in [-0.05, 0) is 37.3 Å². The van der Waals surface area contributed by atoms with Crippen molar-refractivity contribution in [3.8, 4) is 11.5 Å². The van der Waals surface area contributed by atoms with Crippen molar-refractivity contribution >= 4 is 34.7 Å². The number of rotatable bonds is 8. The molecular weight excluding hydrogens is 428 g/mol. The lowest BCUT2D eigenvalue weighted by molar-refractivity contribution is -0.385. The monoisotopic (exact) mass is 450 g/mol. The smallest absolute Gasteiger partial charge is 0.323 e. The Morgan fingerprint density at radius 1 is 0.879 bits per heavy atom. The second-order valence-electron chi connectivity index (χ2n) is 6.69. The highest BCUT2D eigenvalue weighted by Crippen LogP contribution is 2.35. The number of anilines is 3. The van der Waals surface area contributed by atoms with E-state index in [-0.39, 0.29) is 23.7 Å². The van der Waals surface area contributed by atoms with E-state index in [0.717, 1.165) is 6.07 Å². The summed E-state index contributed by atoms with van der Waals surface area (Å²) < 4.78 is 10.6. The van der Waals surface area contributed by atoms with E-state index in [9.17, 15) is 19.7 Å². The third-order valence-corrected chi connectivity index (χ3v) is 4.43. The van der Waals surface area contributed by atoms with Crippen LogP contribution in [0.3, 0.4) is 0 Å². The Labute approximate surface area is 189 Å². The fourth-order valence-corrected chi connectivity index (χ4v) is 3.00. The fourth-order valence-electron chi connectivity index (χ4n) is 3.00. The summed E-state index contributed by atoms with van der Waals surface area (Å²) in [6.07, 6.45) is 0. The number of benzene rings is 3. The minimum Gasteiger partial charge on any atom is -0.493 e. The van der Waals surface area contributed by atoms with Crippen molar-refractivity contribution in [2.24, 2.45) is 0 Å². The van der Waals surface area contributed by atoms with Gasteiger partial charge in [0.15, 0.2) is 11.5 Å². The summed E-state index contributed by atoms with van der Waals surface area (Å²) >= 11 is 0. The number of para-hydroxylation sites is 1. The predicted octanol–water partition coefficient (Wildman–Crippen LogP) is 4.90. The summed E-state index contributed by atoms with van der Waals surface area (Å²) in [5.41, 5.74) is 0.756. The molecule has 0 fully saturated rings. The number of nitro benzene ring substituents is 1. The standard InChI is InChI=1S/C23H22N4O6/c1-3-33-21-13-18(19(27(30)31)14-20(21)32-2)22(28)24-16-10-7-11-17(12-16)26-23(29)25-15-8-5-4-6-9-15/h4-14H,3H2,1-2H3,(H,24,28)(H2,25,26,29). The Morgan fingerprint density at radius 3 is 2.15 bits per heavy atom. The molecule has 0 saturated carbocycles. The van der Waals surface area contributed by atoms with E-state index in [1.165, 1.54) is 19.2 Å². The van der Waals surface area contributed by atoms with E-state index in [1.54, 1.807) is 49.4 Å². The van der Waals surface area contributed by atoms with Gasteiger partial charge in [-0.1, -0.05) is 24.3 Å². The number of carbonyl (C=O) groups excluding carboxylic acids is 2. The normalized spacial score (nSPS) is 10.1. The Bertz CT molecular complexity index is 1170. The van der Waals surface area contributed by atoms with Crippen LogP contribution < -0.4 is 25.4 Å². The molecule has 3 amide bonds. The number of nitrogens with zero attached hydrogens (tertiary/aromatic N) is 1. The molecule has 170 valence electrons. The number of nitrogens with one attached hydrogen (secondary N) is 3. The molecule has 3 aromatic carbocycles. The van der Waals surface area contributed by atoms with Crippen LogP contribution in [0.2, 0.25) is 0 Å². The lowest BCUT2D eigenvalue weighted by Crippen LogP contribution is -2.19. The van der Waals surface area contributed by atoms with Crippen LogP contribution in [0.1, 0.15) is 17.3 Å². The van der Waals surface area contributed by atoms with E-state index < -0.39 is 22.5 Å². The molecule has 10 nitrogen and oxygen atoms in total. The molecule has 3 aromatic rings. The molecular formula is C23H22N4O6. The Balaban J connectivity index is 1.78. The van der Waals surface area contributed by atoms with Gasteiger partial charge in [0.05, 0.1) is 24.7 Å². The van der Waals surface area contributed by atoms with Gasteiger partial charge < -0.3 is 25.4 Å². The average molecular weight is 450 g/mol. The van der Waals surface area contributed by atoms with E-state index in [0.29, 0.717) is 17.1 Å². The van der Waals surface area contributed by atoms with Crippen LogP contribution in [0, 0.1) is 10.1 Å². The maximum Gasteiger partial charge on any atom is 0.323 e. The molecule has 3 rings (SSSR count). The van der Waals surface area contributed by atoms with E-state index in [1.807, 2.05) is 6.07 Å². The molecule has 33 heavy (non-hydrogen) atoms. The van der Waals surface area contributed by atoms with Crippen molar-refractivity contribution in [3.63, 3.8) is 0 Å². The zero-order chi connectivity index (χ0) is 23.8. The van der Waals surface area contributed by atoms with Gasteiger partial charge in [0, 0.05) is 23.1 Å². The van der Waals surface area contributed by atoms with Crippen LogP contribution in [0.15, 0.2) is 66.7 Å². The molecule has 0 aromatic heterocycles. The van der Waals surface area contributed by atoms with Gasteiger partial charge in [0.25, 0.3) is 11.6 Å². The number of hydrogen-bond acceptors (Lipinski definition) is 6. The number of hydrogen-bond donors (Lipinski definition) is 3. The molecule has 10 heteroatoms. The molecule has 0 spiro atoms. The van der Waals surface area contributed by atoms with Crippen LogP contribution in [0.25, 0.3) is 0 Å². The van der Waals surface area contributed by atoms with E-state index in [4.69, 9.17) is 9.47 Å². The van der Waals surface area contributed by atoms with Crippen molar-refractivity contribution in [1.29, 1.82) is 0 Å². The number of ether oxygens (including phenoxy) is 2. The first-order valence-electron chi connectivity index (χ1n) is 9.95. The second-order valence-corrected chi connectivity index (χ2v) is 6.69. The summed E-state index contributed by atoms with van der Waals surface area (Å²) in [6.45, 7) is 2.03. The first-order valence-corrected chi connectivity index (χ1v) is 9.95. The van der Waals surface area contributed by atoms with Crippen LogP contribution in [0.4, 0.5) is 27.5 Å². The van der Waals surface area contributed by atoms with Crippen LogP contribution in [-0.4, -0.2) is 30.6 Å². The van der Waals surface area contributed by atoms with Crippen molar-refractivity contribution in [2.75, 3.05) is 29.7 Å². The van der Waals surface area contributed by atoms with Gasteiger partial charge in [-0.15, -0.1) is 0 Å². The molecule has 0 bridgehead atoms. The lowest BCUT2D eigenvalue weighted by atomic mass is 10.1. The second kappa shape index (κ2) is 10.6. The largest absolute Gasteiger partial charge is 0.493 e. The number of nitro groups is 1. The average Bonchev–Trinajstić information content (AvgIpc) is 2.79. The Kier molecular flexibility index (Phi) is 7.43. The third kappa shape index (κ3) is 5.97. The lowest BCUT2D eigenvalue weighted by Gasteiger charge is -2.13. The minimum absolute atomic E-state index is 0.149. The summed E-state index contributed by atoms with van der Waals surface area (Å²) in [6, 6.07) is 17.3. The van der Waals surface area contributed by atoms with E-state index in [2.05, 4.69) is 16.0 Å². The molecule has 0 atom stereocenters. The quantitative estimate of drug-likeness (QED) is 0.330. The fraction of sp³-hybridized carbons (Fsp3) is 0.130. The van der Waals surface area contributed by atoms with Gasteiger partial charge >= 0.3 is 6.03 Å². The van der Waals surface area contributed by atoms with Gasteiger partial charge in [-0.3, -0.25) is 14.9 Å². The Morgan fingerprint density at radius 2 is 1.52 bits per heavy atom. The molecule has 0 aliphatic carbocycles. The molecule has 0 radical (unpaired) electrons. The summed E-state index contributed by atoms with van der Waals surface area (Å²) in [7, 11) is 1.35. The van der Waals surface area contributed by atoms with Gasteiger partial charge in [0.1, 0.15) is 5.56 Å². The number of urea groups is 1. The molecule has 0 unspecified atom stereocenters. The highest BCUT2D eigenvalue weighted by Gasteiger charge is 2.25. The molecule has 0 aliphatic heterocycles. The first-order chi connectivity index (χ1) is 15.9. The summed E-state index contributed by atoms with van der Waals surface area (Å²) in [5, 5.41) is 19.5. The van der Waals surface area contributed by atoms with Crippen molar-refractivity contribution in [2.45, 2.75) is 6.92 Å². The molecule has 3 N–H and O–H groups in total. The molecule has 0 saturated heterocycles. The number of amides is 3. The maximum absolute atomic E-state index is 12.9. The zero-order valence-corrected chi connectivity index (χ0v) is 18.0. The van der Waals surface area contributed by atoms with Crippen molar-refractivity contribution < 1.29 is 24.0 Å². The van der Waals surface area contributed by atoms with Gasteiger partial charge in [-0.25, -0.2) is 4.79 Å². The van der Waals surface area contributed by atoms with Crippen LogP contribution >= 0.6 is 0 Å². The topological polar surface area (TPSA) is 132 Å². The summed E-state index contributed by atoms with van der Waals surface area (Å²) in [5.74, 6) is -0.351. The molecule has 0 heterocycles. The summed E-state index contributed by atoms with van der Waals surface area (Å²) in [4.78, 5) is 35.9. The van der Waals surface area contributed by atoms with E-state index >= 15 is 0 Å². The molecule has 0 aliphatic rings. The highest BCUT2D eigenvalue weighted by molar-refractivity contribution is 6.08. The van der Waals surface area contributed by atoms with Crippen molar-refractivity contribution in [3.05, 3.63) is 82.4 Å². The number of carbonyl (C=O) groups is 2. The van der Waals surface area contributed by atoms with Gasteiger partial charge in [-0.2, -0.15) is 0 Å². The SMILES string of the molecule is CCOc1cc(C(=O)Nc2cccc(NC(=O)Nc3ccccc3)c2)c([N+](=O)[O-])cc1OC. The van der Waals surface area contributed by atoms with Gasteiger partial charge in [0.2, 0.25) is 0 Å². The van der Waals surface area contributed by atoms with Crippen LogP contribution in [-0.2, 0) is 0 Å².